The predicted molar refractivity (Wildman–Crippen MR) is 97.1 cm³/mol. The second-order valence-corrected chi connectivity index (χ2v) is 7.17. The number of rotatable bonds is 4. The number of nitrogens with one attached hydrogen (secondary N) is 1. The average Bonchev–Trinajstić information content (AvgIpc) is 2.79. The van der Waals surface area contributed by atoms with E-state index in [1.54, 1.807) is 0 Å². The summed E-state index contributed by atoms with van der Waals surface area (Å²) in [4.78, 5) is 0. The fraction of sp³-hybridized carbons (Fsp3) is 0.524. The van der Waals surface area contributed by atoms with E-state index >= 15 is 0 Å². The molecule has 1 nitrogen and oxygen atoms in total. The number of para-hydroxylation sites is 1. The Balaban J connectivity index is 1.80. The van der Waals surface area contributed by atoms with Gasteiger partial charge in [0.2, 0.25) is 0 Å². The van der Waals surface area contributed by atoms with Gasteiger partial charge in [0, 0.05) is 17.8 Å². The molecule has 0 radical (unpaired) electrons. The molecule has 0 unspecified atom stereocenters. The maximum atomic E-state index is 3.76. The Labute approximate surface area is 135 Å². The molecular weight excluding hydrogens is 266 g/mol. The van der Waals surface area contributed by atoms with Crippen molar-refractivity contribution in [2.75, 3.05) is 11.9 Å². The highest BCUT2D eigenvalue weighted by molar-refractivity contribution is 5.89. The summed E-state index contributed by atoms with van der Waals surface area (Å²) < 4.78 is 0. The topological polar surface area (TPSA) is 12.0 Å². The van der Waals surface area contributed by atoms with Crippen LogP contribution < -0.4 is 5.32 Å². The van der Waals surface area contributed by atoms with E-state index < -0.39 is 0 Å². The number of hydrogen-bond acceptors (Lipinski definition) is 1. The van der Waals surface area contributed by atoms with E-state index in [-0.39, 0.29) is 0 Å². The fourth-order valence-corrected chi connectivity index (χ4v) is 4.08. The average molecular weight is 295 g/mol. The van der Waals surface area contributed by atoms with Crippen LogP contribution in [0, 0.1) is 5.92 Å². The van der Waals surface area contributed by atoms with Crippen molar-refractivity contribution in [1.29, 1.82) is 0 Å². The molecule has 1 N–H and O–H groups in total. The van der Waals surface area contributed by atoms with Crippen molar-refractivity contribution in [2.24, 2.45) is 5.92 Å². The van der Waals surface area contributed by atoms with Gasteiger partial charge in [0.15, 0.2) is 0 Å². The van der Waals surface area contributed by atoms with Gasteiger partial charge in [-0.05, 0) is 63.2 Å². The molecule has 1 aromatic carbocycles. The first-order valence-corrected chi connectivity index (χ1v) is 8.86. The molecule has 0 atom stereocenters. The molecule has 2 aliphatic carbocycles. The van der Waals surface area contributed by atoms with Crippen LogP contribution in [0.2, 0.25) is 0 Å². The van der Waals surface area contributed by atoms with Crippen molar-refractivity contribution >= 4 is 11.3 Å². The first kappa shape index (κ1) is 15.4. The fourth-order valence-electron chi connectivity index (χ4n) is 4.08. The van der Waals surface area contributed by atoms with Crippen LogP contribution >= 0.6 is 0 Å². The third kappa shape index (κ3) is 3.14. The molecule has 1 fully saturated rings. The third-order valence-corrected chi connectivity index (χ3v) is 5.47. The normalized spacial score (nSPS) is 20.0. The SMILES string of the molecule is CC1=C(C)C(c2ccccc2NCC2CCCCC2)=C(C)C1. The monoisotopic (exact) mass is 295 g/mol. The van der Waals surface area contributed by atoms with E-state index in [1.165, 1.54) is 65.6 Å². The Kier molecular flexibility index (Phi) is 4.71. The number of anilines is 1. The summed E-state index contributed by atoms with van der Waals surface area (Å²) in [7, 11) is 0. The summed E-state index contributed by atoms with van der Waals surface area (Å²) in [6.07, 6.45) is 8.20. The van der Waals surface area contributed by atoms with Crippen LogP contribution in [0.5, 0.6) is 0 Å². The highest BCUT2D eigenvalue weighted by Gasteiger charge is 2.20. The van der Waals surface area contributed by atoms with Crippen LogP contribution in [0.3, 0.4) is 0 Å². The Morgan fingerprint density at radius 2 is 1.68 bits per heavy atom. The van der Waals surface area contributed by atoms with Crippen LogP contribution in [-0.4, -0.2) is 6.54 Å². The van der Waals surface area contributed by atoms with Gasteiger partial charge < -0.3 is 5.32 Å². The zero-order valence-electron chi connectivity index (χ0n) is 14.3. The van der Waals surface area contributed by atoms with Gasteiger partial charge in [0.05, 0.1) is 0 Å². The lowest BCUT2D eigenvalue weighted by atomic mass is 9.89. The molecule has 1 heteroatoms. The molecule has 2 aliphatic rings. The molecule has 0 aromatic heterocycles. The van der Waals surface area contributed by atoms with Crippen molar-refractivity contribution in [1.82, 2.24) is 0 Å². The molecule has 1 saturated carbocycles. The van der Waals surface area contributed by atoms with Crippen molar-refractivity contribution in [3.8, 4) is 0 Å². The lowest BCUT2D eigenvalue weighted by Crippen LogP contribution is -2.17. The molecule has 0 spiro atoms. The van der Waals surface area contributed by atoms with Gasteiger partial charge in [0.1, 0.15) is 0 Å². The summed E-state index contributed by atoms with van der Waals surface area (Å²) in [5, 5.41) is 3.76. The van der Waals surface area contributed by atoms with Crippen molar-refractivity contribution < 1.29 is 0 Å². The minimum atomic E-state index is 0.860. The number of benzene rings is 1. The highest BCUT2D eigenvalue weighted by Crippen LogP contribution is 2.40. The summed E-state index contributed by atoms with van der Waals surface area (Å²) in [5.41, 5.74) is 8.70. The van der Waals surface area contributed by atoms with Crippen molar-refractivity contribution in [3.05, 3.63) is 46.5 Å². The maximum Gasteiger partial charge on any atom is 0.0420 e. The van der Waals surface area contributed by atoms with Crippen LogP contribution in [-0.2, 0) is 0 Å². The standard InChI is InChI=1S/C21H29N/c1-15-13-16(2)21(17(15)3)19-11-7-8-12-20(19)22-14-18-9-5-4-6-10-18/h7-8,11-12,18,22H,4-6,9-10,13-14H2,1-3H3. The minimum Gasteiger partial charge on any atom is -0.384 e. The van der Waals surface area contributed by atoms with Crippen LogP contribution in [0.25, 0.3) is 5.57 Å². The maximum absolute atomic E-state index is 3.76. The zero-order chi connectivity index (χ0) is 15.5. The number of allylic oxidation sites excluding steroid dienone is 4. The first-order valence-electron chi connectivity index (χ1n) is 8.86. The van der Waals surface area contributed by atoms with Crippen LogP contribution in [0.4, 0.5) is 5.69 Å². The molecule has 118 valence electrons. The van der Waals surface area contributed by atoms with Gasteiger partial charge in [-0.3, -0.25) is 0 Å². The zero-order valence-corrected chi connectivity index (χ0v) is 14.3. The van der Waals surface area contributed by atoms with Gasteiger partial charge in [0.25, 0.3) is 0 Å². The largest absolute Gasteiger partial charge is 0.384 e. The highest BCUT2D eigenvalue weighted by atomic mass is 14.9. The molecule has 0 aliphatic heterocycles. The molecule has 0 amide bonds. The Morgan fingerprint density at radius 1 is 0.955 bits per heavy atom. The summed E-state index contributed by atoms with van der Waals surface area (Å²) in [6.45, 7) is 7.96. The molecule has 0 bridgehead atoms. The third-order valence-electron chi connectivity index (χ3n) is 5.47. The Bertz CT molecular complexity index is 600. The second-order valence-electron chi connectivity index (χ2n) is 7.17. The van der Waals surface area contributed by atoms with Crippen molar-refractivity contribution in [3.63, 3.8) is 0 Å². The van der Waals surface area contributed by atoms with E-state index in [1.807, 2.05) is 0 Å². The molecule has 0 heterocycles. The minimum absolute atomic E-state index is 0.860. The Morgan fingerprint density at radius 3 is 2.36 bits per heavy atom. The summed E-state index contributed by atoms with van der Waals surface area (Å²) in [5.74, 6) is 0.860. The molecule has 3 rings (SSSR count). The van der Waals surface area contributed by atoms with Gasteiger partial charge in [-0.1, -0.05) is 48.6 Å². The van der Waals surface area contributed by atoms with E-state index in [0.29, 0.717) is 0 Å². The van der Waals surface area contributed by atoms with E-state index in [9.17, 15) is 0 Å². The van der Waals surface area contributed by atoms with E-state index in [2.05, 4.69) is 50.4 Å². The van der Waals surface area contributed by atoms with E-state index in [0.717, 1.165) is 18.9 Å². The van der Waals surface area contributed by atoms with Crippen LogP contribution in [0.1, 0.15) is 64.9 Å². The molecular formula is C21H29N. The molecule has 1 aromatic rings. The van der Waals surface area contributed by atoms with Gasteiger partial charge in [-0.25, -0.2) is 0 Å². The van der Waals surface area contributed by atoms with Gasteiger partial charge in [-0.15, -0.1) is 0 Å². The summed E-state index contributed by atoms with van der Waals surface area (Å²) in [6, 6.07) is 8.86. The van der Waals surface area contributed by atoms with Gasteiger partial charge >= 0.3 is 0 Å². The lowest BCUT2D eigenvalue weighted by molar-refractivity contribution is 0.373. The van der Waals surface area contributed by atoms with Crippen LogP contribution in [0.15, 0.2) is 41.0 Å². The quantitative estimate of drug-likeness (QED) is 0.698. The van der Waals surface area contributed by atoms with Crippen molar-refractivity contribution in [2.45, 2.75) is 59.3 Å². The second kappa shape index (κ2) is 6.73. The number of hydrogen-bond donors (Lipinski definition) is 1. The first-order chi connectivity index (χ1) is 10.7. The smallest absolute Gasteiger partial charge is 0.0420 e. The predicted octanol–water partition coefficient (Wildman–Crippen LogP) is 6.19. The lowest BCUT2D eigenvalue weighted by Gasteiger charge is -2.23. The summed E-state index contributed by atoms with van der Waals surface area (Å²) >= 11 is 0. The van der Waals surface area contributed by atoms with E-state index in [4.69, 9.17) is 0 Å². The molecule has 22 heavy (non-hydrogen) atoms. The Hall–Kier alpha value is -1.50. The van der Waals surface area contributed by atoms with Gasteiger partial charge in [-0.2, -0.15) is 0 Å². The molecule has 0 saturated heterocycles.